The van der Waals surface area contributed by atoms with Crippen LogP contribution in [-0.2, 0) is 0 Å². The molecule has 8 heteroatoms. The molecule has 1 aromatic carbocycles. The van der Waals surface area contributed by atoms with Crippen molar-refractivity contribution in [2.24, 2.45) is 0 Å². The highest BCUT2D eigenvalue weighted by Crippen LogP contribution is 2.34. The molecule has 0 saturated carbocycles. The second kappa shape index (κ2) is 7.26. The van der Waals surface area contributed by atoms with Crippen LogP contribution >= 0.6 is 23.3 Å². The summed E-state index contributed by atoms with van der Waals surface area (Å²) in [5.74, 6) is 0. The van der Waals surface area contributed by atoms with Gasteiger partial charge in [0.05, 0.1) is 35.5 Å². The summed E-state index contributed by atoms with van der Waals surface area (Å²) in [5.41, 5.74) is 3.52. The first-order valence-corrected chi connectivity index (χ1v) is 8.75. The molecule has 0 aliphatic carbocycles. The number of benzene rings is 1. The lowest BCUT2D eigenvalue weighted by Gasteiger charge is -2.07. The quantitative estimate of drug-likeness (QED) is 0.507. The third kappa shape index (κ3) is 3.30. The summed E-state index contributed by atoms with van der Waals surface area (Å²) in [6, 6.07) is 8.20. The fourth-order valence-electron chi connectivity index (χ4n) is 2.24. The van der Waals surface area contributed by atoms with E-state index in [0.29, 0.717) is 23.8 Å². The van der Waals surface area contributed by atoms with Crippen molar-refractivity contribution in [1.82, 2.24) is 9.97 Å². The number of nitriles is 2. The molecule has 0 fully saturated rings. The predicted octanol–water partition coefficient (Wildman–Crippen LogP) is 4.22. The van der Waals surface area contributed by atoms with E-state index in [9.17, 15) is 5.26 Å². The van der Waals surface area contributed by atoms with Crippen LogP contribution in [0.25, 0.3) is 10.9 Å². The fraction of sp³-hybridized carbons (Fsp3) is 0.188. The Morgan fingerprint density at radius 2 is 2.29 bits per heavy atom. The zero-order valence-corrected chi connectivity index (χ0v) is 14.4. The maximum absolute atomic E-state index is 9.20. The van der Waals surface area contributed by atoms with E-state index in [1.54, 1.807) is 12.4 Å². The molecule has 120 valence electrons. The van der Waals surface area contributed by atoms with Gasteiger partial charge in [-0.25, -0.2) is 4.98 Å². The largest absolute Gasteiger partial charge is 0.469 e. The van der Waals surface area contributed by atoms with Crippen molar-refractivity contribution >= 4 is 39.9 Å². The Morgan fingerprint density at radius 1 is 1.42 bits per heavy atom. The zero-order chi connectivity index (χ0) is 16.9. The van der Waals surface area contributed by atoms with E-state index in [2.05, 4.69) is 20.8 Å². The summed E-state index contributed by atoms with van der Waals surface area (Å²) in [5, 5.41) is 19.2. The molecule has 0 saturated heterocycles. The number of nitrogens with zero attached hydrogens (tertiary/aromatic N) is 3. The van der Waals surface area contributed by atoms with E-state index in [1.165, 1.54) is 23.3 Å². The van der Waals surface area contributed by atoms with Crippen LogP contribution in [0.3, 0.4) is 0 Å². The number of ether oxygens (including phenoxy) is 1. The SMILES string of the molecule is Cc1ccc(NSc2cnc(OCCC#N)s2)c2[nH]cc(C#N)c12. The Bertz CT molecular complexity index is 948. The van der Waals surface area contributed by atoms with Gasteiger partial charge in [0, 0.05) is 11.6 Å². The molecule has 0 aliphatic rings. The average Bonchev–Trinajstić information content (AvgIpc) is 3.22. The van der Waals surface area contributed by atoms with Crippen molar-refractivity contribution in [2.45, 2.75) is 17.6 Å². The number of hydrogen-bond acceptors (Lipinski definition) is 7. The molecule has 0 aliphatic heterocycles. The molecule has 2 N–H and O–H groups in total. The fourth-order valence-corrected chi connectivity index (χ4v) is 3.76. The highest BCUT2D eigenvalue weighted by molar-refractivity contribution is 8.02. The Hall–Kier alpha value is -2.68. The van der Waals surface area contributed by atoms with Gasteiger partial charge in [-0.3, -0.25) is 0 Å². The zero-order valence-electron chi connectivity index (χ0n) is 12.8. The van der Waals surface area contributed by atoms with Crippen molar-refractivity contribution in [1.29, 1.82) is 10.5 Å². The smallest absolute Gasteiger partial charge is 0.274 e. The van der Waals surface area contributed by atoms with Gasteiger partial charge in [0.25, 0.3) is 5.19 Å². The van der Waals surface area contributed by atoms with Crippen molar-refractivity contribution in [3.63, 3.8) is 0 Å². The first-order chi connectivity index (χ1) is 11.7. The molecule has 0 radical (unpaired) electrons. The third-order valence-electron chi connectivity index (χ3n) is 3.33. The van der Waals surface area contributed by atoms with Gasteiger partial charge >= 0.3 is 0 Å². The summed E-state index contributed by atoms with van der Waals surface area (Å²) in [4.78, 5) is 7.33. The molecule has 0 unspecified atom stereocenters. The Balaban J connectivity index is 1.73. The summed E-state index contributed by atoms with van der Waals surface area (Å²) in [7, 11) is 0. The van der Waals surface area contributed by atoms with Crippen molar-refractivity contribution in [3.8, 4) is 17.3 Å². The van der Waals surface area contributed by atoms with Gasteiger partial charge in [-0.2, -0.15) is 10.5 Å². The van der Waals surface area contributed by atoms with E-state index < -0.39 is 0 Å². The van der Waals surface area contributed by atoms with Gasteiger partial charge in [-0.05, 0) is 30.5 Å². The number of aromatic nitrogens is 2. The Labute approximate surface area is 147 Å². The monoisotopic (exact) mass is 355 g/mol. The molecule has 24 heavy (non-hydrogen) atoms. The maximum atomic E-state index is 9.20. The Kier molecular flexibility index (Phi) is 4.90. The minimum atomic E-state index is 0.343. The standard InChI is InChI=1S/C16H13N5OS2/c1-10-3-4-12(15-14(10)11(7-18)8-19-15)21-24-13-9-20-16(23-13)22-6-2-5-17/h3-4,8-9,19,21H,2,6H2,1H3. The second-order valence-electron chi connectivity index (χ2n) is 4.90. The van der Waals surface area contributed by atoms with Crippen LogP contribution in [0.2, 0.25) is 0 Å². The predicted molar refractivity (Wildman–Crippen MR) is 95.1 cm³/mol. The summed E-state index contributed by atoms with van der Waals surface area (Å²) in [6.45, 7) is 2.33. The number of fused-ring (bicyclic) bond motifs is 1. The van der Waals surface area contributed by atoms with Crippen LogP contribution in [-0.4, -0.2) is 16.6 Å². The lowest BCUT2D eigenvalue weighted by atomic mass is 10.1. The van der Waals surface area contributed by atoms with Crippen LogP contribution in [0.15, 0.2) is 28.7 Å². The number of aryl methyl sites for hydroxylation is 1. The highest BCUT2D eigenvalue weighted by atomic mass is 32.2. The van der Waals surface area contributed by atoms with E-state index in [-0.39, 0.29) is 0 Å². The van der Waals surface area contributed by atoms with Crippen LogP contribution in [0, 0.1) is 29.6 Å². The highest BCUT2D eigenvalue weighted by Gasteiger charge is 2.11. The number of aromatic amines is 1. The van der Waals surface area contributed by atoms with Gasteiger partial charge in [-0.1, -0.05) is 17.4 Å². The summed E-state index contributed by atoms with van der Waals surface area (Å²) >= 11 is 2.85. The lowest BCUT2D eigenvalue weighted by Crippen LogP contribution is -1.94. The van der Waals surface area contributed by atoms with E-state index >= 15 is 0 Å². The number of anilines is 1. The molecule has 2 aromatic heterocycles. The number of thiazole rings is 1. The second-order valence-corrected chi connectivity index (χ2v) is 7.00. The molecule has 0 atom stereocenters. The number of nitrogens with one attached hydrogen (secondary N) is 2. The summed E-state index contributed by atoms with van der Waals surface area (Å²) < 4.78 is 9.62. The van der Waals surface area contributed by atoms with Gasteiger partial charge < -0.3 is 14.4 Å². The molecule has 6 nitrogen and oxygen atoms in total. The first-order valence-electron chi connectivity index (χ1n) is 7.12. The van der Waals surface area contributed by atoms with Gasteiger partial charge in [0.15, 0.2) is 0 Å². The molecule has 0 bridgehead atoms. The number of hydrogen-bond donors (Lipinski definition) is 2. The minimum Gasteiger partial charge on any atom is -0.469 e. The van der Waals surface area contributed by atoms with Gasteiger partial charge in [-0.15, -0.1) is 0 Å². The topological polar surface area (TPSA) is 97.5 Å². The Morgan fingerprint density at radius 3 is 3.08 bits per heavy atom. The number of H-pyrrole nitrogens is 1. The molecular formula is C16H13N5OS2. The van der Waals surface area contributed by atoms with Crippen molar-refractivity contribution in [3.05, 3.63) is 35.7 Å². The normalized spacial score (nSPS) is 10.3. The molecule has 3 rings (SSSR count). The average molecular weight is 355 g/mol. The number of rotatable bonds is 6. The molecule has 2 heterocycles. The van der Waals surface area contributed by atoms with E-state index in [0.717, 1.165) is 26.4 Å². The first kappa shape index (κ1) is 16.2. The van der Waals surface area contributed by atoms with Crippen LogP contribution in [0.1, 0.15) is 17.5 Å². The van der Waals surface area contributed by atoms with Crippen LogP contribution in [0.5, 0.6) is 5.19 Å². The van der Waals surface area contributed by atoms with Crippen LogP contribution < -0.4 is 9.46 Å². The molecule has 3 aromatic rings. The van der Waals surface area contributed by atoms with Crippen LogP contribution in [0.4, 0.5) is 5.69 Å². The van der Waals surface area contributed by atoms with E-state index in [4.69, 9.17) is 10.00 Å². The maximum Gasteiger partial charge on any atom is 0.274 e. The summed E-state index contributed by atoms with van der Waals surface area (Å²) in [6.07, 6.45) is 3.79. The van der Waals surface area contributed by atoms with Crippen molar-refractivity contribution < 1.29 is 4.74 Å². The lowest BCUT2D eigenvalue weighted by molar-refractivity contribution is 0.325. The molecule has 0 amide bonds. The van der Waals surface area contributed by atoms with Crippen molar-refractivity contribution in [2.75, 3.05) is 11.3 Å². The third-order valence-corrected chi connectivity index (χ3v) is 5.16. The van der Waals surface area contributed by atoms with E-state index in [1.807, 2.05) is 25.1 Å². The van der Waals surface area contributed by atoms with Gasteiger partial charge in [0.1, 0.15) is 16.9 Å². The molecular weight excluding hydrogens is 342 g/mol. The minimum absolute atomic E-state index is 0.343. The van der Waals surface area contributed by atoms with Gasteiger partial charge in [0.2, 0.25) is 0 Å². The molecule has 0 spiro atoms.